The Hall–Kier alpha value is -0.225. The van der Waals surface area contributed by atoms with Crippen LogP contribution >= 0.6 is 0 Å². The minimum Gasteiger partial charge on any atom is -0.448 e. The summed E-state index contributed by atoms with van der Waals surface area (Å²) in [6.07, 6.45) is -1.11. The van der Waals surface area contributed by atoms with E-state index in [-0.39, 0.29) is 6.54 Å². The highest BCUT2D eigenvalue weighted by molar-refractivity contribution is 6.58. The van der Waals surface area contributed by atoms with Gasteiger partial charge in [0, 0.05) is 0 Å². The van der Waals surface area contributed by atoms with E-state index in [9.17, 15) is 12.9 Å². The average molecular weight is 170 g/mol. The van der Waals surface area contributed by atoms with E-state index in [2.05, 4.69) is 5.32 Å². The molecule has 1 unspecified atom stereocenters. The quantitative estimate of drug-likeness (QED) is 0.470. The molecule has 11 heavy (non-hydrogen) atoms. The molecule has 0 aromatic heterocycles. The summed E-state index contributed by atoms with van der Waals surface area (Å²) in [7, 11) is 0. The third kappa shape index (κ3) is 9.77. The zero-order valence-electron chi connectivity index (χ0n) is 6.36. The summed E-state index contributed by atoms with van der Waals surface area (Å²) in [5.74, 6) is 0. The van der Waals surface area contributed by atoms with Gasteiger partial charge in [0.05, 0.1) is 6.10 Å². The second kappa shape index (κ2) is 4.61. The molecular weight excluding hydrogens is 158 g/mol. The molecular formula is C5H12BF3NO-. The maximum Gasteiger partial charge on any atom is 0.491 e. The van der Waals surface area contributed by atoms with Gasteiger partial charge < -0.3 is 23.4 Å². The maximum absolute atomic E-state index is 11.5. The average Bonchev–Trinajstić information content (AvgIpc) is 1.78. The van der Waals surface area contributed by atoms with Crippen LogP contribution in [0.25, 0.3) is 0 Å². The summed E-state index contributed by atoms with van der Waals surface area (Å²) in [6, 6.07) is 0. The van der Waals surface area contributed by atoms with Crippen molar-refractivity contribution in [2.45, 2.75) is 19.4 Å². The van der Waals surface area contributed by atoms with Gasteiger partial charge in [-0.1, -0.05) is 0 Å². The lowest BCUT2D eigenvalue weighted by atomic mass is 9.92. The minimum absolute atomic E-state index is 0.207. The van der Waals surface area contributed by atoms with Gasteiger partial charge >= 0.3 is 6.98 Å². The topological polar surface area (TPSA) is 32.3 Å². The van der Waals surface area contributed by atoms with Gasteiger partial charge in [-0.2, -0.15) is 0 Å². The highest BCUT2D eigenvalue weighted by Crippen LogP contribution is 2.05. The third-order valence-electron chi connectivity index (χ3n) is 1.11. The van der Waals surface area contributed by atoms with Crippen LogP contribution in [-0.2, 0) is 0 Å². The lowest BCUT2D eigenvalue weighted by molar-refractivity contribution is 0.184. The van der Waals surface area contributed by atoms with Gasteiger partial charge in [-0.25, -0.2) is 0 Å². The van der Waals surface area contributed by atoms with Crippen LogP contribution in [-0.4, -0.2) is 31.2 Å². The van der Waals surface area contributed by atoms with E-state index in [4.69, 9.17) is 5.11 Å². The van der Waals surface area contributed by atoms with Gasteiger partial charge in [-0.3, -0.25) is 0 Å². The van der Waals surface area contributed by atoms with Crippen molar-refractivity contribution in [2.24, 2.45) is 0 Å². The van der Waals surface area contributed by atoms with Crippen LogP contribution < -0.4 is 5.32 Å². The van der Waals surface area contributed by atoms with E-state index in [1.165, 1.54) is 0 Å². The van der Waals surface area contributed by atoms with Crippen LogP contribution in [0.1, 0.15) is 13.3 Å². The molecule has 0 saturated heterocycles. The summed E-state index contributed by atoms with van der Waals surface area (Å²) in [5, 5.41) is 10.9. The predicted molar refractivity (Wildman–Crippen MR) is 38.2 cm³/mol. The van der Waals surface area contributed by atoms with E-state index >= 15 is 0 Å². The zero-order chi connectivity index (χ0) is 8.91. The molecule has 0 aromatic carbocycles. The first-order valence-corrected chi connectivity index (χ1v) is 3.51. The van der Waals surface area contributed by atoms with Gasteiger partial charge in [0.15, 0.2) is 0 Å². The van der Waals surface area contributed by atoms with Crippen molar-refractivity contribution in [3.8, 4) is 0 Å². The fourth-order valence-electron chi connectivity index (χ4n) is 0.577. The number of halogens is 3. The molecule has 0 bridgehead atoms. The molecule has 1 atom stereocenters. The summed E-state index contributed by atoms with van der Waals surface area (Å²) >= 11 is 0. The molecule has 2 nitrogen and oxygen atoms in total. The summed E-state index contributed by atoms with van der Waals surface area (Å²) in [4.78, 5) is 0. The monoisotopic (exact) mass is 170 g/mol. The molecule has 0 aliphatic heterocycles. The molecule has 0 rings (SSSR count). The SMILES string of the molecule is CC(O)CCNC[B-](F)(F)F. The third-order valence-corrected chi connectivity index (χ3v) is 1.11. The maximum atomic E-state index is 11.5. The van der Waals surface area contributed by atoms with Gasteiger partial charge in [-0.15, -0.1) is 0 Å². The van der Waals surface area contributed by atoms with E-state index in [0.29, 0.717) is 6.42 Å². The molecule has 6 heteroatoms. The van der Waals surface area contributed by atoms with Gasteiger partial charge in [0.2, 0.25) is 0 Å². The predicted octanol–water partition coefficient (Wildman–Crippen LogP) is 0.734. The van der Waals surface area contributed by atoms with Crippen molar-refractivity contribution in [1.82, 2.24) is 5.32 Å². The van der Waals surface area contributed by atoms with Crippen LogP contribution in [0.4, 0.5) is 12.9 Å². The smallest absolute Gasteiger partial charge is 0.448 e. The van der Waals surface area contributed by atoms with E-state index < -0.39 is 19.5 Å². The Morgan fingerprint density at radius 3 is 2.36 bits per heavy atom. The van der Waals surface area contributed by atoms with Gasteiger partial charge in [-0.05, 0) is 26.3 Å². The number of aliphatic hydroxyl groups is 1. The van der Waals surface area contributed by atoms with Gasteiger partial charge in [0.1, 0.15) is 0 Å². The molecule has 0 aliphatic carbocycles. The zero-order valence-corrected chi connectivity index (χ0v) is 6.36. The Morgan fingerprint density at radius 1 is 1.45 bits per heavy atom. The van der Waals surface area contributed by atoms with E-state index in [0.717, 1.165) is 0 Å². The van der Waals surface area contributed by atoms with Gasteiger partial charge in [0.25, 0.3) is 0 Å². The first-order chi connectivity index (χ1) is 4.92. The Bertz CT molecular complexity index is 106. The van der Waals surface area contributed by atoms with E-state index in [1.54, 1.807) is 6.92 Å². The molecule has 0 aromatic rings. The fraction of sp³-hybridized carbons (Fsp3) is 1.00. The lowest BCUT2D eigenvalue weighted by Crippen LogP contribution is -2.35. The first kappa shape index (κ1) is 10.8. The van der Waals surface area contributed by atoms with Crippen molar-refractivity contribution in [2.75, 3.05) is 13.0 Å². The summed E-state index contributed by atoms with van der Waals surface area (Å²) in [5.41, 5.74) is 0. The molecule has 0 fully saturated rings. The fourth-order valence-corrected chi connectivity index (χ4v) is 0.577. The largest absolute Gasteiger partial charge is 0.491 e. The second-order valence-electron chi connectivity index (χ2n) is 2.55. The number of rotatable bonds is 5. The Morgan fingerprint density at radius 2 is 2.00 bits per heavy atom. The van der Waals surface area contributed by atoms with Crippen LogP contribution in [0.3, 0.4) is 0 Å². The molecule has 0 saturated carbocycles. The summed E-state index contributed by atoms with van der Waals surface area (Å²) < 4.78 is 34.6. The first-order valence-electron chi connectivity index (χ1n) is 3.51. The molecule has 2 N–H and O–H groups in total. The molecule has 0 aliphatic rings. The number of hydrogen-bond donors (Lipinski definition) is 2. The van der Waals surface area contributed by atoms with Crippen LogP contribution in [0.15, 0.2) is 0 Å². The van der Waals surface area contributed by atoms with Crippen LogP contribution in [0.2, 0.25) is 0 Å². The molecule has 0 spiro atoms. The van der Waals surface area contributed by atoms with E-state index in [1.807, 2.05) is 0 Å². The molecule has 0 heterocycles. The number of nitrogens with one attached hydrogen (secondary N) is 1. The van der Waals surface area contributed by atoms with Crippen molar-refractivity contribution < 1.29 is 18.1 Å². The lowest BCUT2D eigenvalue weighted by Gasteiger charge is -2.14. The Balaban J connectivity index is 3.15. The second-order valence-corrected chi connectivity index (χ2v) is 2.55. The Kier molecular flexibility index (Phi) is 4.52. The standard InChI is InChI=1S/C5H12BF3NO/c1-5(11)2-3-10-4-6(7,8)9/h5,10-11H,2-4H2,1H3/q-1. The summed E-state index contributed by atoms with van der Waals surface area (Å²) in [6.45, 7) is -2.98. The van der Waals surface area contributed by atoms with Crippen molar-refractivity contribution >= 4 is 6.98 Å². The van der Waals surface area contributed by atoms with Crippen molar-refractivity contribution in [3.05, 3.63) is 0 Å². The Labute approximate surface area is 63.8 Å². The number of aliphatic hydroxyl groups excluding tert-OH is 1. The van der Waals surface area contributed by atoms with Crippen molar-refractivity contribution in [1.29, 1.82) is 0 Å². The molecule has 0 radical (unpaired) electrons. The number of hydrogen-bond acceptors (Lipinski definition) is 2. The van der Waals surface area contributed by atoms with Crippen molar-refractivity contribution in [3.63, 3.8) is 0 Å². The normalized spacial score (nSPS) is 15.0. The molecule has 68 valence electrons. The molecule has 0 amide bonds. The minimum atomic E-state index is -4.72. The van der Waals surface area contributed by atoms with Crippen LogP contribution in [0.5, 0.6) is 0 Å². The highest BCUT2D eigenvalue weighted by Gasteiger charge is 2.21. The van der Waals surface area contributed by atoms with Crippen LogP contribution in [0, 0.1) is 0 Å². The highest BCUT2D eigenvalue weighted by atomic mass is 19.4.